The molecule has 0 aliphatic carbocycles. The number of halogens is 1. The molecule has 0 spiro atoms. The number of hydrogen-bond donors (Lipinski definition) is 2. The number of fused-ring (bicyclic) bond motifs is 1. The van der Waals surface area contributed by atoms with Crippen LogP contribution in [0.4, 0.5) is 0 Å². The van der Waals surface area contributed by atoms with Crippen LogP contribution in [0.1, 0.15) is 32.1 Å². The molecule has 0 fully saturated rings. The monoisotopic (exact) mass is 281 g/mol. The second kappa shape index (κ2) is 6.42. The fourth-order valence-corrected chi connectivity index (χ4v) is 2.23. The van der Waals surface area contributed by atoms with Crippen LogP contribution in [0.2, 0.25) is 5.02 Å². The van der Waals surface area contributed by atoms with Crippen molar-refractivity contribution in [1.29, 1.82) is 0 Å². The van der Waals surface area contributed by atoms with Gasteiger partial charge in [0.15, 0.2) is 0 Å². The molecule has 4 heteroatoms. The number of furan rings is 1. The van der Waals surface area contributed by atoms with Crippen LogP contribution in [0.15, 0.2) is 28.7 Å². The molecule has 104 valence electrons. The normalized spacial score (nSPS) is 14.7. The van der Waals surface area contributed by atoms with E-state index in [0.717, 1.165) is 34.7 Å². The first-order chi connectivity index (χ1) is 9.10. The Labute approximate surface area is 118 Å². The maximum atomic E-state index is 8.88. The number of rotatable bonds is 6. The third-order valence-corrected chi connectivity index (χ3v) is 3.55. The maximum absolute atomic E-state index is 8.88. The average molecular weight is 282 g/mol. The largest absolute Gasteiger partial charge is 0.459 e. The van der Waals surface area contributed by atoms with Crippen LogP contribution in [0.5, 0.6) is 0 Å². The molecular weight excluding hydrogens is 262 g/mol. The van der Waals surface area contributed by atoms with Crippen LogP contribution in [0, 0.1) is 5.92 Å². The summed E-state index contributed by atoms with van der Waals surface area (Å²) in [5.41, 5.74) is 0.858. The van der Waals surface area contributed by atoms with E-state index >= 15 is 0 Å². The summed E-state index contributed by atoms with van der Waals surface area (Å²) in [6.45, 7) is 5.29. The predicted octanol–water partition coefficient (Wildman–Crippen LogP) is 3.76. The highest BCUT2D eigenvalue weighted by Gasteiger charge is 2.12. The van der Waals surface area contributed by atoms with Gasteiger partial charge in [0.2, 0.25) is 0 Å². The zero-order valence-electron chi connectivity index (χ0n) is 11.3. The standard InChI is InChI=1S/C15H20ClNO2/c1-10(5-6-18)9-17-11(2)15-8-12-7-13(16)3-4-14(12)19-15/h3-4,7-8,10-11,17-18H,5-6,9H2,1-2H3. The Balaban J connectivity index is 2.02. The lowest BCUT2D eigenvalue weighted by atomic mass is 10.1. The van der Waals surface area contributed by atoms with E-state index in [2.05, 4.69) is 19.2 Å². The van der Waals surface area contributed by atoms with E-state index in [9.17, 15) is 0 Å². The number of aliphatic hydroxyl groups excluding tert-OH is 1. The van der Waals surface area contributed by atoms with Gasteiger partial charge in [0.25, 0.3) is 0 Å². The molecule has 0 bridgehead atoms. The fourth-order valence-electron chi connectivity index (χ4n) is 2.05. The Kier molecular flexibility index (Phi) is 4.86. The molecule has 2 rings (SSSR count). The van der Waals surface area contributed by atoms with Gasteiger partial charge in [0.1, 0.15) is 11.3 Å². The Morgan fingerprint density at radius 1 is 1.32 bits per heavy atom. The molecule has 1 aromatic heterocycles. The van der Waals surface area contributed by atoms with Gasteiger partial charge in [0.05, 0.1) is 6.04 Å². The summed E-state index contributed by atoms with van der Waals surface area (Å²) < 4.78 is 5.81. The second-order valence-electron chi connectivity index (χ2n) is 5.08. The molecule has 0 aliphatic rings. The van der Waals surface area contributed by atoms with Gasteiger partial charge in [-0.3, -0.25) is 0 Å². The van der Waals surface area contributed by atoms with E-state index < -0.39 is 0 Å². The first kappa shape index (κ1) is 14.4. The summed E-state index contributed by atoms with van der Waals surface area (Å²) >= 11 is 5.96. The van der Waals surface area contributed by atoms with Crippen molar-refractivity contribution < 1.29 is 9.52 Å². The van der Waals surface area contributed by atoms with Crippen LogP contribution in [0.3, 0.4) is 0 Å². The molecule has 1 aromatic carbocycles. The highest BCUT2D eigenvalue weighted by molar-refractivity contribution is 6.31. The molecule has 2 N–H and O–H groups in total. The predicted molar refractivity (Wildman–Crippen MR) is 78.5 cm³/mol. The SMILES string of the molecule is CC(CCO)CNC(C)c1cc2cc(Cl)ccc2o1. The summed E-state index contributed by atoms with van der Waals surface area (Å²) in [5, 5.41) is 14.0. The molecule has 1 heterocycles. The minimum atomic E-state index is 0.146. The summed E-state index contributed by atoms with van der Waals surface area (Å²) in [5.74, 6) is 1.36. The second-order valence-corrected chi connectivity index (χ2v) is 5.51. The van der Waals surface area contributed by atoms with Gasteiger partial charge in [-0.15, -0.1) is 0 Å². The first-order valence-corrected chi connectivity index (χ1v) is 7.01. The van der Waals surface area contributed by atoms with Crippen molar-refractivity contribution in [3.63, 3.8) is 0 Å². The van der Waals surface area contributed by atoms with Gasteiger partial charge in [-0.2, -0.15) is 0 Å². The van der Waals surface area contributed by atoms with Gasteiger partial charge in [-0.1, -0.05) is 18.5 Å². The molecule has 0 radical (unpaired) electrons. The van der Waals surface area contributed by atoms with Gasteiger partial charge in [-0.05, 0) is 50.1 Å². The lowest BCUT2D eigenvalue weighted by Gasteiger charge is -2.15. The molecule has 2 unspecified atom stereocenters. The smallest absolute Gasteiger partial charge is 0.134 e. The van der Waals surface area contributed by atoms with Crippen molar-refractivity contribution in [2.45, 2.75) is 26.3 Å². The van der Waals surface area contributed by atoms with Crippen molar-refractivity contribution in [2.24, 2.45) is 5.92 Å². The molecule has 19 heavy (non-hydrogen) atoms. The Morgan fingerprint density at radius 3 is 2.84 bits per heavy atom. The van der Waals surface area contributed by atoms with Gasteiger partial charge >= 0.3 is 0 Å². The maximum Gasteiger partial charge on any atom is 0.134 e. The molecular formula is C15H20ClNO2. The Bertz CT molecular complexity index is 538. The molecule has 2 aromatic rings. The van der Waals surface area contributed by atoms with Crippen molar-refractivity contribution in [3.05, 3.63) is 35.0 Å². The molecule has 2 atom stereocenters. The lowest BCUT2D eigenvalue weighted by Crippen LogP contribution is -2.24. The first-order valence-electron chi connectivity index (χ1n) is 6.63. The summed E-state index contributed by atoms with van der Waals surface area (Å²) in [6, 6.07) is 7.80. The van der Waals surface area contributed by atoms with Crippen LogP contribution in [-0.4, -0.2) is 18.3 Å². The van der Waals surface area contributed by atoms with Crippen LogP contribution in [-0.2, 0) is 0 Å². The third kappa shape index (κ3) is 3.72. The Hall–Kier alpha value is -1.03. The van der Waals surface area contributed by atoms with Crippen molar-refractivity contribution >= 4 is 22.6 Å². The highest BCUT2D eigenvalue weighted by atomic mass is 35.5. The lowest BCUT2D eigenvalue weighted by molar-refractivity contribution is 0.257. The molecule has 0 saturated heterocycles. The van der Waals surface area contributed by atoms with E-state index in [1.807, 2.05) is 24.3 Å². The molecule has 0 amide bonds. The number of hydrogen-bond acceptors (Lipinski definition) is 3. The van der Waals surface area contributed by atoms with Crippen molar-refractivity contribution in [3.8, 4) is 0 Å². The minimum absolute atomic E-state index is 0.146. The summed E-state index contributed by atoms with van der Waals surface area (Å²) in [7, 11) is 0. The van der Waals surface area contributed by atoms with Crippen molar-refractivity contribution in [1.82, 2.24) is 5.32 Å². The Morgan fingerprint density at radius 2 is 2.11 bits per heavy atom. The third-order valence-electron chi connectivity index (χ3n) is 3.32. The van der Waals surface area contributed by atoms with Gasteiger partial charge in [0, 0.05) is 17.0 Å². The number of aliphatic hydroxyl groups is 1. The van der Waals surface area contributed by atoms with Gasteiger partial charge in [-0.25, -0.2) is 0 Å². The van der Waals surface area contributed by atoms with E-state index in [0.29, 0.717) is 5.92 Å². The van der Waals surface area contributed by atoms with Crippen LogP contribution in [0.25, 0.3) is 11.0 Å². The summed E-state index contributed by atoms with van der Waals surface area (Å²) in [6.07, 6.45) is 0.815. The van der Waals surface area contributed by atoms with Gasteiger partial charge < -0.3 is 14.8 Å². The van der Waals surface area contributed by atoms with E-state index in [1.54, 1.807) is 0 Å². The average Bonchev–Trinajstić information content (AvgIpc) is 2.79. The molecule has 3 nitrogen and oxygen atoms in total. The quantitative estimate of drug-likeness (QED) is 0.847. The zero-order chi connectivity index (χ0) is 13.8. The minimum Gasteiger partial charge on any atom is -0.459 e. The highest BCUT2D eigenvalue weighted by Crippen LogP contribution is 2.26. The topological polar surface area (TPSA) is 45.4 Å². The number of benzene rings is 1. The van der Waals surface area contributed by atoms with Crippen molar-refractivity contribution in [2.75, 3.05) is 13.2 Å². The van der Waals surface area contributed by atoms with E-state index in [4.69, 9.17) is 21.1 Å². The van der Waals surface area contributed by atoms with Crippen LogP contribution < -0.4 is 5.32 Å². The fraction of sp³-hybridized carbons (Fsp3) is 0.467. The van der Waals surface area contributed by atoms with E-state index in [-0.39, 0.29) is 12.6 Å². The molecule has 0 saturated carbocycles. The zero-order valence-corrected chi connectivity index (χ0v) is 12.1. The van der Waals surface area contributed by atoms with E-state index in [1.165, 1.54) is 0 Å². The number of nitrogens with one attached hydrogen (secondary N) is 1. The molecule has 0 aliphatic heterocycles. The van der Waals surface area contributed by atoms with Crippen LogP contribution >= 0.6 is 11.6 Å². The summed E-state index contributed by atoms with van der Waals surface area (Å²) in [4.78, 5) is 0.